The highest BCUT2D eigenvalue weighted by Crippen LogP contribution is 2.35. The maximum atomic E-state index is 14.1. The highest BCUT2D eigenvalue weighted by atomic mass is 19.4. The summed E-state index contributed by atoms with van der Waals surface area (Å²) in [4.78, 5) is 17.7. The molecule has 38 heavy (non-hydrogen) atoms. The molecular formula is C30H19F3N4O. The number of carbonyl (C=O) groups excluding carboxylic acids is 1. The van der Waals surface area contributed by atoms with Crippen molar-refractivity contribution in [1.82, 2.24) is 14.6 Å². The van der Waals surface area contributed by atoms with E-state index in [2.05, 4.69) is 15.4 Å². The average Bonchev–Trinajstić information content (AvgIpc) is 3.37. The zero-order chi connectivity index (χ0) is 26.3. The molecule has 0 saturated carbocycles. The molecule has 0 aliphatic heterocycles. The van der Waals surface area contributed by atoms with Crippen LogP contribution in [0, 0.1) is 0 Å². The molecule has 0 spiro atoms. The standard InChI is InChI=1S/C30H19F3N4O/c31-30(32,33)27-17-26(24-12-6-10-21-9-4-5-11-23(21)24)36-28-25(18-34-37(27)28)29(38)35-22-15-13-20(14-16-22)19-7-2-1-3-8-19/h1-18H,(H,35,38). The summed E-state index contributed by atoms with van der Waals surface area (Å²) in [7, 11) is 0. The van der Waals surface area contributed by atoms with Gasteiger partial charge in [0, 0.05) is 11.3 Å². The first kappa shape index (κ1) is 23.4. The van der Waals surface area contributed by atoms with Gasteiger partial charge in [0.25, 0.3) is 5.91 Å². The van der Waals surface area contributed by atoms with Crippen LogP contribution in [0.25, 0.3) is 38.8 Å². The Morgan fingerprint density at radius 2 is 1.47 bits per heavy atom. The topological polar surface area (TPSA) is 59.3 Å². The van der Waals surface area contributed by atoms with Crippen molar-refractivity contribution in [2.24, 2.45) is 0 Å². The fraction of sp³-hybridized carbons (Fsp3) is 0.0333. The molecule has 8 heteroatoms. The van der Waals surface area contributed by atoms with Crippen LogP contribution >= 0.6 is 0 Å². The molecule has 6 rings (SSSR count). The molecule has 1 amide bonds. The monoisotopic (exact) mass is 508 g/mol. The van der Waals surface area contributed by atoms with Gasteiger partial charge in [-0.25, -0.2) is 9.50 Å². The van der Waals surface area contributed by atoms with Crippen LogP contribution in [0.3, 0.4) is 0 Å². The lowest BCUT2D eigenvalue weighted by Crippen LogP contribution is -2.15. The number of hydrogen-bond acceptors (Lipinski definition) is 3. The quantitative estimate of drug-likeness (QED) is 0.268. The Morgan fingerprint density at radius 3 is 2.24 bits per heavy atom. The largest absolute Gasteiger partial charge is 0.433 e. The smallest absolute Gasteiger partial charge is 0.322 e. The lowest BCUT2D eigenvalue weighted by atomic mass is 10.0. The number of anilines is 1. The third-order valence-electron chi connectivity index (χ3n) is 6.32. The summed E-state index contributed by atoms with van der Waals surface area (Å²) in [6.45, 7) is 0. The number of hydrogen-bond donors (Lipinski definition) is 1. The number of carbonyl (C=O) groups is 1. The van der Waals surface area contributed by atoms with Crippen molar-refractivity contribution < 1.29 is 18.0 Å². The third kappa shape index (κ3) is 4.26. The minimum Gasteiger partial charge on any atom is -0.322 e. The number of fused-ring (bicyclic) bond motifs is 2. The molecule has 2 aromatic heterocycles. The number of nitrogens with one attached hydrogen (secondary N) is 1. The molecule has 6 aromatic rings. The highest BCUT2D eigenvalue weighted by Gasteiger charge is 2.36. The summed E-state index contributed by atoms with van der Waals surface area (Å²) in [6, 6.07) is 30.6. The molecule has 0 unspecified atom stereocenters. The highest BCUT2D eigenvalue weighted by molar-refractivity contribution is 6.08. The van der Waals surface area contributed by atoms with E-state index in [1.54, 1.807) is 24.3 Å². The molecule has 0 aliphatic carbocycles. The van der Waals surface area contributed by atoms with Crippen molar-refractivity contribution in [3.05, 3.63) is 121 Å². The second-order valence-electron chi connectivity index (χ2n) is 8.74. The number of benzene rings is 4. The van der Waals surface area contributed by atoms with Gasteiger partial charge in [0.05, 0.1) is 11.9 Å². The Bertz CT molecular complexity index is 1790. The second kappa shape index (κ2) is 9.15. The minimum atomic E-state index is -4.71. The van der Waals surface area contributed by atoms with Crippen LogP contribution in [0.15, 0.2) is 109 Å². The van der Waals surface area contributed by atoms with Gasteiger partial charge in [0.1, 0.15) is 5.56 Å². The Balaban J connectivity index is 1.41. The summed E-state index contributed by atoms with van der Waals surface area (Å²) in [6.07, 6.45) is -3.61. The van der Waals surface area contributed by atoms with Crippen molar-refractivity contribution in [1.29, 1.82) is 0 Å². The zero-order valence-corrected chi connectivity index (χ0v) is 19.8. The van der Waals surface area contributed by atoms with Gasteiger partial charge in [-0.15, -0.1) is 0 Å². The molecule has 1 N–H and O–H groups in total. The van der Waals surface area contributed by atoms with Gasteiger partial charge < -0.3 is 5.32 Å². The van der Waals surface area contributed by atoms with E-state index in [0.29, 0.717) is 15.8 Å². The number of halogens is 3. The van der Waals surface area contributed by atoms with Crippen LogP contribution in [0.1, 0.15) is 16.1 Å². The van der Waals surface area contributed by atoms with Crippen LogP contribution < -0.4 is 5.32 Å². The van der Waals surface area contributed by atoms with Crippen LogP contribution in [-0.4, -0.2) is 20.5 Å². The van der Waals surface area contributed by atoms with Crippen LogP contribution in [0.5, 0.6) is 0 Å². The molecule has 0 fully saturated rings. The van der Waals surface area contributed by atoms with Crippen LogP contribution in [0.2, 0.25) is 0 Å². The molecule has 0 radical (unpaired) electrons. The molecule has 4 aromatic carbocycles. The summed E-state index contributed by atoms with van der Waals surface area (Å²) in [5.74, 6) is -0.608. The van der Waals surface area contributed by atoms with E-state index in [1.165, 1.54) is 0 Å². The Hall–Kier alpha value is -4.98. The number of aromatic nitrogens is 3. The Morgan fingerprint density at radius 1 is 0.789 bits per heavy atom. The van der Waals surface area contributed by atoms with E-state index in [1.807, 2.05) is 72.8 Å². The first-order valence-electron chi connectivity index (χ1n) is 11.8. The number of alkyl halides is 3. The van der Waals surface area contributed by atoms with Crippen molar-refractivity contribution in [2.45, 2.75) is 6.18 Å². The van der Waals surface area contributed by atoms with Gasteiger partial charge in [-0.1, -0.05) is 84.9 Å². The summed E-state index contributed by atoms with van der Waals surface area (Å²) in [5, 5.41) is 8.24. The lowest BCUT2D eigenvalue weighted by molar-refractivity contribution is -0.142. The molecule has 0 atom stereocenters. The van der Waals surface area contributed by atoms with Gasteiger partial charge >= 0.3 is 6.18 Å². The summed E-state index contributed by atoms with van der Waals surface area (Å²) < 4.78 is 42.9. The van der Waals surface area contributed by atoms with Crippen LogP contribution in [0.4, 0.5) is 18.9 Å². The maximum absolute atomic E-state index is 14.1. The molecule has 0 bridgehead atoms. The minimum absolute atomic E-state index is 0.0651. The average molecular weight is 509 g/mol. The first-order chi connectivity index (χ1) is 18.4. The maximum Gasteiger partial charge on any atom is 0.433 e. The predicted molar refractivity (Wildman–Crippen MR) is 141 cm³/mol. The van der Waals surface area contributed by atoms with Gasteiger partial charge in [0.15, 0.2) is 11.3 Å². The normalized spacial score (nSPS) is 11.7. The van der Waals surface area contributed by atoms with E-state index in [-0.39, 0.29) is 16.9 Å². The first-order valence-corrected chi connectivity index (χ1v) is 11.8. The van der Waals surface area contributed by atoms with E-state index in [0.717, 1.165) is 34.2 Å². The molecule has 0 aliphatic rings. The summed E-state index contributed by atoms with van der Waals surface area (Å²) >= 11 is 0. The Kier molecular flexibility index (Phi) is 5.64. The number of amides is 1. The summed E-state index contributed by atoms with van der Waals surface area (Å²) in [5.41, 5.74) is 1.86. The van der Waals surface area contributed by atoms with Crippen molar-refractivity contribution in [3.63, 3.8) is 0 Å². The van der Waals surface area contributed by atoms with Crippen molar-refractivity contribution in [3.8, 4) is 22.4 Å². The van der Waals surface area contributed by atoms with E-state index in [4.69, 9.17) is 0 Å². The Labute approximate surface area is 215 Å². The SMILES string of the molecule is O=C(Nc1ccc(-c2ccccc2)cc1)c1cnn2c(C(F)(F)F)cc(-c3cccc4ccccc34)nc12. The van der Waals surface area contributed by atoms with Gasteiger partial charge in [-0.05, 0) is 40.1 Å². The second-order valence-corrected chi connectivity index (χ2v) is 8.74. The van der Waals surface area contributed by atoms with Gasteiger partial charge in [0.2, 0.25) is 0 Å². The zero-order valence-electron chi connectivity index (χ0n) is 19.8. The lowest BCUT2D eigenvalue weighted by Gasteiger charge is -2.13. The van der Waals surface area contributed by atoms with E-state index < -0.39 is 17.8 Å². The molecule has 0 saturated heterocycles. The van der Waals surface area contributed by atoms with Crippen molar-refractivity contribution >= 4 is 28.0 Å². The fourth-order valence-electron chi connectivity index (χ4n) is 4.49. The predicted octanol–water partition coefficient (Wildman–Crippen LogP) is 7.49. The molecule has 5 nitrogen and oxygen atoms in total. The van der Waals surface area contributed by atoms with Gasteiger partial charge in [-0.3, -0.25) is 4.79 Å². The molecule has 2 heterocycles. The van der Waals surface area contributed by atoms with Crippen molar-refractivity contribution in [2.75, 3.05) is 5.32 Å². The van der Waals surface area contributed by atoms with E-state index in [9.17, 15) is 18.0 Å². The van der Waals surface area contributed by atoms with Gasteiger partial charge in [-0.2, -0.15) is 18.3 Å². The van der Waals surface area contributed by atoms with E-state index >= 15 is 0 Å². The number of rotatable bonds is 4. The molecular weight excluding hydrogens is 489 g/mol. The fourth-order valence-corrected chi connectivity index (χ4v) is 4.49. The molecule has 186 valence electrons. The van der Waals surface area contributed by atoms with Crippen LogP contribution in [-0.2, 0) is 6.18 Å². The third-order valence-corrected chi connectivity index (χ3v) is 6.32. The number of nitrogens with zero attached hydrogens (tertiary/aromatic N) is 3.